The first-order chi connectivity index (χ1) is 14.8. The number of hydrogen-bond donors (Lipinski definition) is 0. The van der Waals surface area contributed by atoms with Crippen LogP contribution in [0.4, 0.5) is 13.2 Å². The van der Waals surface area contributed by atoms with Gasteiger partial charge in [-0.25, -0.2) is 4.98 Å². The van der Waals surface area contributed by atoms with E-state index >= 15 is 0 Å². The van der Waals surface area contributed by atoms with E-state index in [-0.39, 0.29) is 35.2 Å². The first-order valence-corrected chi connectivity index (χ1v) is 10.2. The van der Waals surface area contributed by atoms with Crippen LogP contribution in [0.5, 0.6) is 0 Å². The van der Waals surface area contributed by atoms with Crippen molar-refractivity contribution in [1.29, 1.82) is 0 Å². The average Bonchev–Trinajstić information content (AvgIpc) is 3.29. The third-order valence-electron chi connectivity index (χ3n) is 4.64. The molecule has 0 N–H and O–H groups in total. The summed E-state index contributed by atoms with van der Waals surface area (Å²) in [5, 5.41) is 7.99. The number of halogens is 3. The summed E-state index contributed by atoms with van der Waals surface area (Å²) in [4.78, 5) is 29.4. The van der Waals surface area contributed by atoms with Gasteiger partial charge in [0, 0.05) is 12.3 Å². The molecular formula is C20H15F3N4O3S. The Bertz CT molecular complexity index is 1130. The third-order valence-corrected chi connectivity index (χ3v) is 5.55. The summed E-state index contributed by atoms with van der Waals surface area (Å²) >= 11 is 1.23. The number of hydrogen-bond acceptors (Lipinski definition) is 7. The molecule has 4 rings (SSSR count). The van der Waals surface area contributed by atoms with Crippen molar-refractivity contribution in [1.82, 2.24) is 20.1 Å². The number of alkyl halides is 3. The van der Waals surface area contributed by atoms with Gasteiger partial charge in [-0.3, -0.25) is 14.5 Å². The first-order valence-electron chi connectivity index (χ1n) is 9.22. The number of carbonyl (C=O) groups is 2. The van der Waals surface area contributed by atoms with E-state index in [1.54, 1.807) is 24.3 Å². The van der Waals surface area contributed by atoms with Crippen molar-refractivity contribution in [2.75, 3.05) is 12.3 Å². The van der Waals surface area contributed by atoms with E-state index in [9.17, 15) is 22.8 Å². The molecule has 0 radical (unpaired) electrons. The number of carbonyl (C=O) groups excluding carboxylic acids is 2. The lowest BCUT2D eigenvalue weighted by atomic mass is 10.1. The van der Waals surface area contributed by atoms with Crippen molar-refractivity contribution in [2.24, 2.45) is 0 Å². The lowest BCUT2D eigenvalue weighted by Gasteiger charge is -2.12. The van der Waals surface area contributed by atoms with Gasteiger partial charge >= 0.3 is 6.18 Å². The Labute approximate surface area is 178 Å². The second-order valence-corrected chi connectivity index (χ2v) is 7.76. The Morgan fingerprint density at radius 1 is 1.00 bits per heavy atom. The van der Waals surface area contributed by atoms with Crippen LogP contribution in [-0.4, -0.2) is 44.2 Å². The maximum atomic E-state index is 12.8. The van der Waals surface area contributed by atoms with Gasteiger partial charge in [-0.2, -0.15) is 13.2 Å². The van der Waals surface area contributed by atoms with E-state index in [1.807, 2.05) is 0 Å². The Hall–Kier alpha value is -3.21. The van der Waals surface area contributed by atoms with Crippen LogP contribution in [0.2, 0.25) is 0 Å². The van der Waals surface area contributed by atoms with Gasteiger partial charge in [-0.05, 0) is 37.6 Å². The van der Waals surface area contributed by atoms with Crippen molar-refractivity contribution in [3.63, 3.8) is 0 Å². The molecule has 0 bridgehead atoms. The SMILES string of the molecule is Cc1nc(C(F)(F)F)ccc1-c1nnc(SCCCN2C(=O)c3ccccc3C2=O)o1. The lowest BCUT2D eigenvalue weighted by Crippen LogP contribution is -2.30. The summed E-state index contributed by atoms with van der Waals surface area (Å²) in [6, 6.07) is 8.79. The molecule has 11 heteroatoms. The summed E-state index contributed by atoms with van der Waals surface area (Å²) in [6.45, 7) is 1.69. The van der Waals surface area contributed by atoms with E-state index in [4.69, 9.17) is 4.42 Å². The zero-order valence-electron chi connectivity index (χ0n) is 16.1. The molecule has 31 heavy (non-hydrogen) atoms. The van der Waals surface area contributed by atoms with Crippen molar-refractivity contribution < 1.29 is 27.2 Å². The van der Waals surface area contributed by atoms with Crippen LogP contribution in [0.1, 0.15) is 38.5 Å². The maximum absolute atomic E-state index is 12.8. The van der Waals surface area contributed by atoms with Crippen LogP contribution in [0.25, 0.3) is 11.5 Å². The molecular weight excluding hydrogens is 433 g/mol. The predicted octanol–water partition coefficient (Wildman–Crippen LogP) is 4.24. The minimum Gasteiger partial charge on any atom is -0.411 e. The summed E-state index contributed by atoms with van der Waals surface area (Å²) in [6.07, 6.45) is -4.02. The standard InChI is InChI=1S/C20H15F3N4O3S/c1-11-12(7-8-15(24-11)20(21,22)23)16-25-26-19(30-16)31-10-4-9-27-17(28)13-5-2-3-6-14(13)18(27)29/h2-3,5-8H,4,9-10H2,1H3. The second-order valence-electron chi connectivity index (χ2n) is 6.71. The Morgan fingerprint density at radius 2 is 1.68 bits per heavy atom. The van der Waals surface area contributed by atoms with Crippen LogP contribution in [0, 0.1) is 6.92 Å². The smallest absolute Gasteiger partial charge is 0.411 e. The number of thioether (sulfide) groups is 1. The molecule has 0 spiro atoms. The highest BCUT2D eigenvalue weighted by atomic mass is 32.2. The van der Waals surface area contributed by atoms with Gasteiger partial charge in [-0.1, -0.05) is 23.9 Å². The molecule has 0 saturated heterocycles. The molecule has 3 aromatic rings. The number of amides is 2. The monoisotopic (exact) mass is 448 g/mol. The molecule has 2 amide bonds. The van der Waals surface area contributed by atoms with Crippen LogP contribution >= 0.6 is 11.8 Å². The lowest BCUT2D eigenvalue weighted by molar-refractivity contribution is -0.141. The zero-order chi connectivity index (χ0) is 22.2. The number of aryl methyl sites for hydroxylation is 1. The van der Waals surface area contributed by atoms with Gasteiger partial charge in [-0.15, -0.1) is 10.2 Å². The molecule has 160 valence electrons. The Morgan fingerprint density at radius 3 is 2.29 bits per heavy atom. The topological polar surface area (TPSA) is 89.2 Å². The van der Waals surface area contributed by atoms with E-state index in [0.717, 1.165) is 6.07 Å². The molecule has 1 aliphatic heterocycles. The van der Waals surface area contributed by atoms with E-state index in [1.165, 1.54) is 29.7 Å². The minimum absolute atomic E-state index is 0.0709. The largest absolute Gasteiger partial charge is 0.433 e. The van der Waals surface area contributed by atoms with Crippen molar-refractivity contribution in [2.45, 2.75) is 24.7 Å². The van der Waals surface area contributed by atoms with Gasteiger partial charge in [0.1, 0.15) is 5.69 Å². The number of fused-ring (bicyclic) bond motifs is 1. The van der Waals surface area contributed by atoms with Crippen molar-refractivity contribution in [3.8, 4) is 11.5 Å². The van der Waals surface area contributed by atoms with Gasteiger partial charge in [0.15, 0.2) is 0 Å². The normalized spacial score (nSPS) is 13.7. The second kappa shape index (κ2) is 8.14. The molecule has 0 atom stereocenters. The number of nitrogens with zero attached hydrogens (tertiary/aromatic N) is 4. The predicted molar refractivity (Wildman–Crippen MR) is 104 cm³/mol. The summed E-state index contributed by atoms with van der Waals surface area (Å²) in [5.41, 5.74) is 0.263. The molecule has 0 saturated carbocycles. The number of pyridine rings is 1. The zero-order valence-corrected chi connectivity index (χ0v) is 17.0. The minimum atomic E-state index is -4.53. The molecule has 0 aliphatic carbocycles. The van der Waals surface area contributed by atoms with Gasteiger partial charge in [0.25, 0.3) is 22.9 Å². The van der Waals surface area contributed by atoms with Gasteiger partial charge in [0.05, 0.1) is 22.4 Å². The van der Waals surface area contributed by atoms with Crippen LogP contribution in [-0.2, 0) is 6.18 Å². The fourth-order valence-electron chi connectivity index (χ4n) is 3.15. The molecule has 0 unspecified atom stereocenters. The number of benzene rings is 1. The summed E-state index contributed by atoms with van der Waals surface area (Å²) < 4.78 is 43.8. The van der Waals surface area contributed by atoms with Crippen LogP contribution < -0.4 is 0 Å². The van der Waals surface area contributed by atoms with Gasteiger partial charge < -0.3 is 4.42 Å². The van der Waals surface area contributed by atoms with E-state index < -0.39 is 11.9 Å². The summed E-state index contributed by atoms with van der Waals surface area (Å²) in [7, 11) is 0. The molecule has 2 aromatic heterocycles. The number of imide groups is 1. The molecule has 1 aliphatic rings. The fourth-order valence-corrected chi connectivity index (χ4v) is 3.83. The van der Waals surface area contributed by atoms with Crippen molar-refractivity contribution in [3.05, 3.63) is 58.9 Å². The molecule has 3 heterocycles. The van der Waals surface area contributed by atoms with E-state index in [0.29, 0.717) is 28.9 Å². The number of aromatic nitrogens is 3. The maximum Gasteiger partial charge on any atom is 0.433 e. The highest BCUT2D eigenvalue weighted by Gasteiger charge is 2.35. The third kappa shape index (κ3) is 4.18. The van der Waals surface area contributed by atoms with Gasteiger partial charge in [0.2, 0.25) is 0 Å². The molecule has 7 nitrogen and oxygen atoms in total. The van der Waals surface area contributed by atoms with Crippen molar-refractivity contribution >= 4 is 23.6 Å². The highest BCUT2D eigenvalue weighted by molar-refractivity contribution is 7.99. The average molecular weight is 448 g/mol. The first kappa shape index (κ1) is 21.0. The molecule has 1 aromatic carbocycles. The summed E-state index contributed by atoms with van der Waals surface area (Å²) in [5.74, 6) is -0.0484. The van der Waals surface area contributed by atoms with E-state index in [2.05, 4.69) is 15.2 Å². The molecule has 0 fully saturated rings. The highest BCUT2D eigenvalue weighted by Crippen LogP contribution is 2.31. The Balaban J connectivity index is 1.34. The Kier molecular flexibility index (Phi) is 5.52. The van der Waals surface area contributed by atoms with Crippen LogP contribution in [0.3, 0.4) is 0 Å². The fraction of sp³-hybridized carbons (Fsp3) is 0.250. The van der Waals surface area contributed by atoms with Crippen LogP contribution in [0.15, 0.2) is 46.0 Å². The quantitative estimate of drug-likeness (QED) is 0.317. The number of rotatable bonds is 6.